The number of fused-ring (bicyclic) bond motifs is 3. The predicted molar refractivity (Wildman–Crippen MR) is 175 cm³/mol. The molecule has 7 nitrogen and oxygen atoms in total. The van der Waals surface area contributed by atoms with E-state index in [0.717, 1.165) is 61.8 Å². The van der Waals surface area contributed by atoms with Gasteiger partial charge in [0.2, 0.25) is 5.91 Å². The van der Waals surface area contributed by atoms with Crippen molar-refractivity contribution in [3.8, 4) is 5.75 Å². The number of aliphatic imine (C=N–C) groups is 1. The monoisotopic (exact) mass is 673 g/mol. The van der Waals surface area contributed by atoms with Gasteiger partial charge in [0.05, 0.1) is 40.5 Å². The number of ether oxygens (including phenoxy) is 2. The minimum atomic E-state index is -4.91. The molecule has 2 aliphatic heterocycles. The Labute approximate surface area is 274 Å². The highest BCUT2D eigenvalue weighted by Crippen LogP contribution is 2.51. The molecule has 0 radical (unpaired) electrons. The Balaban J connectivity index is 1.23. The van der Waals surface area contributed by atoms with Crippen LogP contribution in [-0.4, -0.2) is 48.1 Å². The standard InChI is InChI=1S/C35H39F4N3O4S/c1-5-34(14-6-16-46-34)15-13-19(2)33-41-25-11-12-26(45-3)28(30(25)47(33)4)32(44)42-29-21-8-7-20(17-21)27(29)31(43)40-22-9-10-24(36)23(18-22)35(37,38)39/h9-13,18,20-21,27,29H,4-8,14-17H2,1-3H3,(H,40,43)(H,42,44)/b19-13-/t20-,21+,27+,29-,34?,47?/m1/s1. The molecule has 4 aliphatic rings. The van der Waals surface area contributed by atoms with E-state index in [9.17, 15) is 27.2 Å². The van der Waals surface area contributed by atoms with Crippen LogP contribution in [-0.2, 0) is 15.7 Å². The fraction of sp³-hybridized carbons (Fsp3) is 0.486. The Bertz CT molecular complexity index is 1680. The van der Waals surface area contributed by atoms with Crippen molar-refractivity contribution >= 4 is 44.6 Å². The quantitative estimate of drug-likeness (QED) is 0.208. The van der Waals surface area contributed by atoms with E-state index in [1.54, 1.807) is 6.07 Å². The molecule has 3 fully saturated rings. The molecule has 0 aromatic heterocycles. The average Bonchev–Trinajstić information content (AvgIpc) is 3.84. The number of anilines is 1. The van der Waals surface area contributed by atoms with E-state index in [0.29, 0.717) is 40.4 Å². The number of benzene rings is 2. The van der Waals surface area contributed by atoms with Crippen LogP contribution in [0.5, 0.6) is 5.75 Å². The van der Waals surface area contributed by atoms with Crippen molar-refractivity contribution in [1.29, 1.82) is 0 Å². The van der Waals surface area contributed by atoms with Crippen LogP contribution in [0.4, 0.5) is 28.9 Å². The Kier molecular flexibility index (Phi) is 9.12. The second-order valence-electron chi connectivity index (χ2n) is 12.9. The largest absolute Gasteiger partial charge is 0.496 e. The van der Waals surface area contributed by atoms with Crippen molar-refractivity contribution in [2.24, 2.45) is 22.7 Å². The zero-order valence-electron chi connectivity index (χ0n) is 26.6. The summed E-state index contributed by atoms with van der Waals surface area (Å²) in [5.74, 6) is 1.76. The molecule has 2 N–H and O–H groups in total. The summed E-state index contributed by atoms with van der Waals surface area (Å²) in [6.45, 7) is 4.90. The highest BCUT2D eigenvalue weighted by atomic mass is 32.2. The highest BCUT2D eigenvalue weighted by Gasteiger charge is 2.52. The molecule has 252 valence electrons. The normalized spacial score (nSPS) is 28.3. The van der Waals surface area contributed by atoms with Gasteiger partial charge in [0.1, 0.15) is 11.6 Å². The maximum atomic E-state index is 14.1. The van der Waals surface area contributed by atoms with Crippen LogP contribution in [0, 0.1) is 23.6 Å². The summed E-state index contributed by atoms with van der Waals surface area (Å²) in [5, 5.41) is 6.46. The fourth-order valence-electron chi connectivity index (χ4n) is 7.73. The molecular formula is C35H39F4N3O4S. The number of carbonyl (C=O) groups is 2. The topological polar surface area (TPSA) is 89.0 Å². The van der Waals surface area contributed by atoms with Gasteiger partial charge in [-0.3, -0.25) is 9.59 Å². The summed E-state index contributed by atoms with van der Waals surface area (Å²) in [5.41, 5.74) is 0.158. The third-order valence-electron chi connectivity index (χ3n) is 10.3. The Morgan fingerprint density at radius 2 is 1.98 bits per heavy atom. The van der Waals surface area contributed by atoms with Gasteiger partial charge in [0.15, 0.2) is 0 Å². The first-order valence-corrected chi connectivity index (χ1v) is 17.4. The molecule has 6 rings (SSSR count). The van der Waals surface area contributed by atoms with E-state index in [-0.39, 0.29) is 23.1 Å². The smallest absolute Gasteiger partial charge is 0.419 e. The molecule has 2 saturated carbocycles. The molecule has 47 heavy (non-hydrogen) atoms. The molecule has 2 heterocycles. The van der Waals surface area contributed by atoms with Crippen molar-refractivity contribution in [3.05, 3.63) is 58.9 Å². The van der Waals surface area contributed by atoms with Gasteiger partial charge in [0.25, 0.3) is 5.91 Å². The third-order valence-corrected chi connectivity index (χ3v) is 12.0. The number of amides is 2. The average molecular weight is 674 g/mol. The lowest BCUT2D eigenvalue weighted by molar-refractivity contribution is -0.140. The molecule has 6 atom stereocenters. The van der Waals surface area contributed by atoms with Crippen LogP contribution in [0.3, 0.4) is 0 Å². The zero-order chi connectivity index (χ0) is 33.7. The number of alkyl halides is 3. The summed E-state index contributed by atoms with van der Waals surface area (Å²) in [6, 6.07) is 5.36. The zero-order valence-corrected chi connectivity index (χ0v) is 27.5. The van der Waals surface area contributed by atoms with Crippen molar-refractivity contribution in [3.63, 3.8) is 0 Å². The molecule has 2 unspecified atom stereocenters. The minimum absolute atomic E-state index is 0.0279. The number of rotatable bonds is 9. The van der Waals surface area contributed by atoms with Crippen LogP contribution < -0.4 is 15.4 Å². The molecule has 12 heteroatoms. The Hall–Kier alpha value is -3.51. The number of nitrogens with one attached hydrogen (secondary N) is 2. The maximum Gasteiger partial charge on any atom is 0.419 e. The van der Waals surface area contributed by atoms with Crippen LogP contribution >= 0.6 is 10.5 Å². The van der Waals surface area contributed by atoms with Gasteiger partial charge in [-0.15, -0.1) is 10.5 Å². The molecule has 2 bridgehead atoms. The van der Waals surface area contributed by atoms with E-state index in [4.69, 9.17) is 14.5 Å². The summed E-state index contributed by atoms with van der Waals surface area (Å²) >= 11 is 0. The van der Waals surface area contributed by atoms with E-state index >= 15 is 0 Å². The van der Waals surface area contributed by atoms with Gasteiger partial charge >= 0.3 is 6.18 Å². The predicted octanol–water partition coefficient (Wildman–Crippen LogP) is 8.04. The molecule has 2 aromatic carbocycles. The Morgan fingerprint density at radius 3 is 2.66 bits per heavy atom. The first-order chi connectivity index (χ1) is 22.4. The first-order valence-electron chi connectivity index (χ1n) is 16.0. The number of methoxy groups -OCH3 is 1. The maximum absolute atomic E-state index is 14.1. The molecular weight excluding hydrogens is 634 g/mol. The minimum Gasteiger partial charge on any atom is -0.496 e. The number of halogens is 4. The number of hydrogen-bond donors (Lipinski definition) is 2. The van der Waals surface area contributed by atoms with Crippen LogP contribution in [0.15, 0.2) is 51.9 Å². The van der Waals surface area contributed by atoms with Crippen LogP contribution in [0.1, 0.15) is 74.7 Å². The summed E-state index contributed by atoms with van der Waals surface area (Å²) in [7, 11) is 0.695. The van der Waals surface area contributed by atoms with E-state index in [1.807, 2.05) is 13.0 Å². The SMILES string of the molecule is C=S1C(/C(C)=C\CC2(CC)CCCO2)=Nc2ccc(OC)c(C(=O)N[C@@H]3[C@H]4CC[C@H](C4)[C@@H]3C(=O)Nc3ccc(F)c(C(F)(F)F)c3)c21. The van der Waals surface area contributed by atoms with Crippen molar-refractivity contribution in [2.75, 3.05) is 19.0 Å². The second-order valence-corrected chi connectivity index (χ2v) is 14.5. The molecule has 2 aromatic rings. The number of nitrogens with zero attached hydrogens (tertiary/aromatic N) is 1. The van der Waals surface area contributed by atoms with E-state index < -0.39 is 51.8 Å². The van der Waals surface area contributed by atoms with Gasteiger partial charge in [-0.05, 0) is 99.6 Å². The lowest BCUT2D eigenvalue weighted by Crippen LogP contribution is -2.48. The second kappa shape index (κ2) is 12.8. The van der Waals surface area contributed by atoms with Gasteiger partial charge in [-0.2, -0.15) is 13.2 Å². The lowest BCUT2D eigenvalue weighted by Gasteiger charge is -2.31. The number of hydrogen-bond acceptors (Lipinski definition) is 5. The molecule has 2 aliphatic carbocycles. The lowest BCUT2D eigenvalue weighted by atomic mass is 9.83. The van der Waals surface area contributed by atoms with E-state index in [2.05, 4.69) is 29.5 Å². The van der Waals surface area contributed by atoms with Gasteiger partial charge < -0.3 is 20.1 Å². The molecule has 1 saturated heterocycles. The Morgan fingerprint density at radius 1 is 1.21 bits per heavy atom. The fourth-order valence-corrected chi connectivity index (χ4v) is 9.41. The first kappa shape index (κ1) is 33.4. The summed E-state index contributed by atoms with van der Waals surface area (Å²) in [4.78, 5) is 33.3. The summed E-state index contributed by atoms with van der Waals surface area (Å²) < 4.78 is 65.5. The number of carbonyl (C=O) groups excluding carboxylic acids is 2. The molecule has 0 spiro atoms. The van der Waals surface area contributed by atoms with Gasteiger partial charge in [0, 0.05) is 23.2 Å². The van der Waals surface area contributed by atoms with Crippen molar-refractivity contribution in [2.45, 2.75) is 81.5 Å². The van der Waals surface area contributed by atoms with Crippen molar-refractivity contribution in [1.82, 2.24) is 5.32 Å². The van der Waals surface area contributed by atoms with Crippen LogP contribution in [0.2, 0.25) is 0 Å². The van der Waals surface area contributed by atoms with Crippen LogP contribution in [0.25, 0.3) is 0 Å². The third kappa shape index (κ3) is 6.26. The van der Waals surface area contributed by atoms with Gasteiger partial charge in [-0.25, -0.2) is 9.38 Å². The van der Waals surface area contributed by atoms with Crippen molar-refractivity contribution < 1.29 is 36.6 Å². The summed E-state index contributed by atoms with van der Waals surface area (Å²) in [6.07, 6.45) is 3.28. The highest BCUT2D eigenvalue weighted by molar-refractivity contribution is 8.28. The van der Waals surface area contributed by atoms with E-state index in [1.165, 1.54) is 7.11 Å². The van der Waals surface area contributed by atoms with Gasteiger partial charge in [-0.1, -0.05) is 18.9 Å². The molecule has 2 amide bonds.